The van der Waals surface area contributed by atoms with Gasteiger partial charge in [0.15, 0.2) is 0 Å². The van der Waals surface area contributed by atoms with Crippen molar-refractivity contribution in [1.29, 1.82) is 0 Å². The average Bonchev–Trinajstić information content (AvgIpc) is 1.99. The fraction of sp³-hybridized carbons (Fsp3) is 0.333. The van der Waals surface area contributed by atoms with Crippen molar-refractivity contribution in [1.82, 2.24) is 0 Å². The van der Waals surface area contributed by atoms with Crippen molar-refractivity contribution < 1.29 is 16.7 Å². The van der Waals surface area contributed by atoms with E-state index in [4.69, 9.17) is 3.87 Å². The fourth-order valence-corrected chi connectivity index (χ4v) is 4.57. The van der Waals surface area contributed by atoms with Gasteiger partial charge in [-0.2, -0.15) is 8.42 Å². The molecule has 1 rings (SSSR count). The van der Waals surface area contributed by atoms with Gasteiger partial charge in [-0.15, -0.1) is 0 Å². The largest absolute Gasteiger partial charge is 0.312 e. The second kappa shape index (κ2) is 4.03. The fourth-order valence-electron chi connectivity index (χ4n) is 1.02. The highest BCUT2D eigenvalue weighted by atomic mass is 32.2. The zero-order valence-corrected chi connectivity index (χ0v) is 10.6. The van der Waals surface area contributed by atoms with E-state index < -0.39 is 29.1 Å². The Hall–Kier alpha value is -0.723. The van der Waals surface area contributed by atoms with Gasteiger partial charge in [0.05, 0.1) is 0 Å². The Morgan fingerprint density at radius 2 is 1.73 bits per heavy atom. The molecular weight excluding hydrogens is 235 g/mol. The molecule has 0 bridgehead atoms. The Bertz CT molecular complexity index is 451. The first-order valence-corrected chi connectivity index (χ1v) is 9.24. The van der Waals surface area contributed by atoms with Crippen LogP contribution in [0.2, 0.25) is 19.6 Å². The van der Waals surface area contributed by atoms with Crippen LogP contribution in [0.3, 0.4) is 0 Å². The quantitative estimate of drug-likeness (QED) is 0.771. The molecule has 3 nitrogen and oxygen atoms in total. The summed E-state index contributed by atoms with van der Waals surface area (Å²) in [7, 11) is -6.21. The minimum absolute atomic E-state index is 0.396. The van der Waals surface area contributed by atoms with Crippen LogP contribution in [0, 0.1) is 5.82 Å². The molecule has 6 heteroatoms. The molecule has 0 amide bonds. The van der Waals surface area contributed by atoms with E-state index in [1.54, 1.807) is 19.6 Å². The summed E-state index contributed by atoms with van der Waals surface area (Å²) in [5.41, 5.74) is 0. The lowest BCUT2D eigenvalue weighted by atomic mass is 10.4. The zero-order valence-electron chi connectivity index (χ0n) is 8.82. The van der Waals surface area contributed by atoms with Crippen LogP contribution in [0.15, 0.2) is 29.2 Å². The van der Waals surface area contributed by atoms with Crippen LogP contribution >= 0.6 is 0 Å². The predicted octanol–water partition coefficient (Wildman–Crippen LogP) is 2.37. The van der Waals surface area contributed by atoms with Gasteiger partial charge >= 0.3 is 0 Å². The first-order chi connectivity index (χ1) is 6.72. The summed E-state index contributed by atoms with van der Waals surface area (Å²) in [4.78, 5) is -0.396. The molecule has 0 heterocycles. The number of hydrogen-bond acceptors (Lipinski definition) is 3. The summed E-state index contributed by atoms with van der Waals surface area (Å²) >= 11 is 0. The summed E-state index contributed by atoms with van der Waals surface area (Å²) in [6.45, 7) is 5.18. The van der Waals surface area contributed by atoms with Crippen LogP contribution in [0.5, 0.6) is 0 Å². The van der Waals surface area contributed by atoms with Gasteiger partial charge in [0.1, 0.15) is 10.7 Å². The standard InChI is InChI=1S/C9H13FO3SSi/c1-15(2,3)13-14(11,12)9-7-5-4-6-8(9)10/h4-7H,1-3H3. The molecule has 0 radical (unpaired) electrons. The minimum Gasteiger partial charge on any atom is -0.312 e. The topological polar surface area (TPSA) is 43.4 Å². The van der Waals surface area contributed by atoms with E-state index in [0.717, 1.165) is 6.07 Å². The molecule has 0 saturated carbocycles. The van der Waals surface area contributed by atoms with Crippen LogP contribution in [0.1, 0.15) is 0 Å². The summed E-state index contributed by atoms with van der Waals surface area (Å²) in [5, 5.41) is 0. The second-order valence-corrected chi connectivity index (χ2v) is 10.3. The van der Waals surface area contributed by atoms with Gasteiger partial charge in [0.25, 0.3) is 10.1 Å². The van der Waals surface area contributed by atoms with Crippen molar-refractivity contribution in [3.63, 3.8) is 0 Å². The predicted molar refractivity (Wildman–Crippen MR) is 58.0 cm³/mol. The normalized spacial score (nSPS) is 12.8. The minimum atomic E-state index is -3.96. The van der Waals surface area contributed by atoms with Crippen molar-refractivity contribution >= 4 is 18.4 Å². The zero-order chi connectivity index (χ0) is 11.7. The van der Waals surface area contributed by atoms with Gasteiger partial charge in [0, 0.05) is 0 Å². The average molecular weight is 248 g/mol. The number of benzene rings is 1. The molecule has 84 valence electrons. The molecule has 0 aliphatic rings. The second-order valence-electron chi connectivity index (χ2n) is 4.08. The maximum absolute atomic E-state index is 13.2. The Morgan fingerprint density at radius 3 is 2.20 bits per heavy atom. The van der Waals surface area contributed by atoms with E-state index in [-0.39, 0.29) is 0 Å². The van der Waals surface area contributed by atoms with Gasteiger partial charge in [0.2, 0.25) is 8.32 Å². The molecule has 15 heavy (non-hydrogen) atoms. The van der Waals surface area contributed by atoms with Crippen LogP contribution in [-0.2, 0) is 14.0 Å². The smallest absolute Gasteiger partial charge is 0.290 e. The molecule has 0 aliphatic heterocycles. The van der Waals surface area contributed by atoms with Crippen molar-refractivity contribution in [2.75, 3.05) is 0 Å². The summed E-state index contributed by atoms with van der Waals surface area (Å²) in [6.07, 6.45) is 0. The maximum atomic E-state index is 13.2. The van der Waals surface area contributed by atoms with Gasteiger partial charge in [-0.3, -0.25) is 0 Å². The Labute approximate surface area is 90.1 Å². The molecule has 1 aromatic rings. The molecule has 0 atom stereocenters. The van der Waals surface area contributed by atoms with E-state index in [1.807, 2.05) is 0 Å². The highest BCUT2D eigenvalue weighted by Crippen LogP contribution is 2.20. The van der Waals surface area contributed by atoms with Crippen molar-refractivity contribution in [2.24, 2.45) is 0 Å². The van der Waals surface area contributed by atoms with Crippen LogP contribution < -0.4 is 0 Å². The first kappa shape index (κ1) is 12.3. The van der Waals surface area contributed by atoms with E-state index in [9.17, 15) is 12.8 Å². The third-order valence-electron chi connectivity index (χ3n) is 1.47. The summed E-state index contributed by atoms with van der Waals surface area (Å²) < 4.78 is 41.5. The van der Waals surface area contributed by atoms with Gasteiger partial charge in [-0.1, -0.05) is 12.1 Å². The van der Waals surface area contributed by atoms with Gasteiger partial charge < -0.3 is 3.87 Å². The molecular formula is C9H13FO3SSi. The highest BCUT2D eigenvalue weighted by Gasteiger charge is 2.27. The Morgan fingerprint density at radius 1 is 1.20 bits per heavy atom. The van der Waals surface area contributed by atoms with Crippen LogP contribution in [-0.4, -0.2) is 16.7 Å². The highest BCUT2D eigenvalue weighted by molar-refractivity contribution is 7.87. The molecule has 0 aromatic heterocycles. The lowest BCUT2D eigenvalue weighted by Gasteiger charge is -2.16. The maximum Gasteiger partial charge on any atom is 0.290 e. The lowest BCUT2D eigenvalue weighted by Crippen LogP contribution is -2.29. The van der Waals surface area contributed by atoms with E-state index >= 15 is 0 Å². The van der Waals surface area contributed by atoms with Crippen LogP contribution in [0.25, 0.3) is 0 Å². The Balaban J connectivity index is 3.13. The molecule has 0 saturated heterocycles. The summed E-state index contributed by atoms with van der Waals surface area (Å²) in [5.74, 6) is -0.782. The molecule has 0 spiro atoms. The van der Waals surface area contributed by atoms with Crippen LogP contribution in [0.4, 0.5) is 4.39 Å². The first-order valence-electron chi connectivity index (χ1n) is 4.42. The molecule has 1 aromatic carbocycles. The number of halogens is 1. The molecule has 0 fully saturated rings. The third kappa shape index (κ3) is 3.40. The van der Waals surface area contributed by atoms with E-state index in [1.165, 1.54) is 18.2 Å². The van der Waals surface area contributed by atoms with Crippen molar-refractivity contribution in [3.05, 3.63) is 30.1 Å². The van der Waals surface area contributed by atoms with Crippen molar-refractivity contribution in [2.45, 2.75) is 24.5 Å². The third-order valence-corrected chi connectivity index (χ3v) is 5.21. The van der Waals surface area contributed by atoms with Gasteiger partial charge in [-0.05, 0) is 31.8 Å². The van der Waals surface area contributed by atoms with Gasteiger partial charge in [-0.25, -0.2) is 4.39 Å². The lowest BCUT2D eigenvalue weighted by molar-refractivity contribution is 0.476. The SMILES string of the molecule is C[Si](C)(C)OS(=O)(=O)c1ccccc1F. The molecule has 0 N–H and O–H groups in total. The number of hydrogen-bond donors (Lipinski definition) is 0. The van der Waals surface area contributed by atoms with E-state index in [2.05, 4.69) is 0 Å². The molecule has 0 unspecified atom stereocenters. The molecule has 0 aliphatic carbocycles. The van der Waals surface area contributed by atoms with Crippen molar-refractivity contribution in [3.8, 4) is 0 Å². The Kier molecular flexibility index (Phi) is 3.32. The number of rotatable bonds is 3. The van der Waals surface area contributed by atoms with E-state index in [0.29, 0.717) is 0 Å². The summed E-state index contributed by atoms with van der Waals surface area (Å²) in [6, 6.07) is 5.19. The monoisotopic (exact) mass is 248 g/mol.